The Kier molecular flexibility index (Phi) is 4.53. The van der Waals surface area contributed by atoms with Crippen LogP contribution in [0.4, 0.5) is 5.69 Å². The highest BCUT2D eigenvalue weighted by Gasteiger charge is 2.64. The summed E-state index contributed by atoms with van der Waals surface area (Å²) in [6.45, 7) is 4.36. The highest BCUT2D eigenvalue weighted by Crippen LogP contribution is 2.63. The van der Waals surface area contributed by atoms with E-state index in [9.17, 15) is 9.59 Å². The van der Waals surface area contributed by atoms with Crippen molar-refractivity contribution in [3.8, 4) is 0 Å². The fourth-order valence-electron chi connectivity index (χ4n) is 6.28. The first-order valence-corrected chi connectivity index (χ1v) is 11.2. The quantitative estimate of drug-likeness (QED) is 0.566. The van der Waals surface area contributed by atoms with E-state index in [1.807, 2.05) is 32.2 Å². The number of hydrogen-bond donors (Lipinski definition) is 0. The fraction of sp³-hybridized carbons (Fsp3) is 0.520. The van der Waals surface area contributed by atoms with Gasteiger partial charge in [-0.15, -0.1) is 0 Å². The molecule has 1 saturated heterocycles. The summed E-state index contributed by atoms with van der Waals surface area (Å²) in [6, 6.07) is 8.07. The number of carbonyl (C=O) groups excluding carboxylic acids is 2. The number of allylic oxidation sites excluding steroid dienone is 3. The Morgan fingerprint density at radius 1 is 1.27 bits per heavy atom. The van der Waals surface area contributed by atoms with E-state index in [1.54, 1.807) is 4.90 Å². The Bertz CT molecular complexity index is 932. The molecule has 1 saturated carbocycles. The zero-order valence-corrected chi connectivity index (χ0v) is 17.8. The fourth-order valence-corrected chi connectivity index (χ4v) is 6.28. The molecule has 5 nitrogen and oxygen atoms in total. The Morgan fingerprint density at radius 2 is 2.03 bits per heavy atom. The second-order valence-corrected chi connectivity index (χ2v) is 9.27. The van der Waals surface area contributed by atoms with E-state index in [4.69, 9.17) is 4.74 Å². The van der Waals surface area contributed by atoms with E-state index in [0.29, 0.717) is 19.4 Å². The van der Waals surface area contributed by atoms with Crippen molar-refractivity contribution in [2.75, 3.05) is 31.6 Å². The molecule has 5 heteroatoms. The third kappa shape index (κ3) is 2.67. The number of amides is 1. The van der Waals surface area contributed by atoms with Gasteiger partial charge in [-0.05, 0) is 50.4 Å². The molecule has 0 N–H and O–H groups in total. The SMILES string of the molecule is CCOC(=O)[C@@H]1CC2(/C=C/N3CCCC3)C=CC1[C@@]1(C2)C(=O)N(C)c2ccccc21. The standard InChI is InChI=1S/C25H30N2O3/c1-3-30-22(28)18-16-24(12-15-27-13-6-7-14-27)11-10-19(18)25(17-24)20-8-4-5-9-21(20)26(2)23(25)29/h4-5,8-12,15,18-19H,3,6-7,13-14,16-17H2,1-2H3/b15-12+/t18-,19?,24?,25-/m1/s1. The molecule has 0 aromatic heterocycles. The molecule has 5 aliphatic rings. The van der Waals surface area contributed by atoms with Crippen molar-refractivity contribution >= 4 is 17.6 Å². The van der Waals surface area contributed by atoms with Gasteiger partial charge in [0, 0.05) is 37.2 Å². The van der Waals surface area contributed by atoms with Gasteiger partial charge in [-0.25, -0.2) is 0 Å². The van der Waals surface area contributed by atoms with Crippen molar-refractivity contribution in [1.29, 1.82) is 0 Å². The van der Waals surface area contributed by atoms with Crippen molar-refractivity contribution in [1.82, 2.24) is 4.90 Å². The number of esters is 1. The second kappa shape index (κ2) is 7.00. The van der Waals surface area contributed by atoms with Gasteiger partial charge in [0.2, 0.25) is 5.91 Å². The Balaban J connectivity index is 1.62. The van der Waals surface area contributed by atoms with Gasteiger partial charge in [0.05, 0.1) is 17.9 Å². The zero-order valence-electron chi connectivity index (χ0n) is 17.8. The minimum atomic E-state index is -0.703. The summed E-state index contributed by atoms with van der Waals surface area (Å²) in [7, 11) is 1.86. The molecule has 2 unspecified atom stereocenters. The first-order valence-electron chi connectivity index (χ1n) is 11.2. The normalized spacial score (nSPS) is 34.4. The summed E-state index contributed by atoms with van der Waals surface area (Å²) in [6.07, 6.45) is 12.7. The lowest BCUT2D eigenvalue weighted by molar-refractivity contribution is -0.155. The number of hydrogen-bond acceptors (Lipinski definition) is 4. The van der Waals surface area contributed by atoms with Crippen molar-refractivity contribution in [3.05, 3.63) is 54.3 Å². The minimum absolute atomic E-state index is 0.103. The first kappa shape index (κ1) is 19.4. The lowest BCUT2D eigenvalue weighted by atomic mass is 9.48. The summed E-state index contributed by atoms with van der Waals surface area (Å²) in [5.41, 5.74) is 0.998. The topological polar surface area (TPSA) is 49.9 Å². The van der Waals surface area contributed by atoms with Crippen LogP contribution in [0.3, 0.4) is 0 Å². The van der Waals surface area contributed by atoms with E-state index in [2.05, 4.69) is 35.4 Å². The average molecular weight is 407 g/mol. The van der Waals surface area contributed by atoms with E-state index in [0.717, 1.165) is 24.3 Å². The second-order valence-electron chi connectivity index (χ2n) is 9.27. The molecule has 2 heterocycles. The van der Waals surface area contributed by atoms with Crippen LogP contribution in [0, 0.1) is 17.3 Å². The van der Waals surface area contributed by atoms with Gasteiger partial charge in [0.1, 0.15) is 0 Å². The largest absolute Gasteiger partial charge is 0.466 e. The molecule has 2 bridgehead atoms. The maximum absolute atomic E-state index is 13.8. The van der Waals surface area contributed by atoms with Crippen LogP contribution in [0.5, 0.6) is 0 Å². The van der Waals surface area contributed by atoms with Crippen molar-refractivity contribution in [3.63, 3.8) is 0 Å². The number of benzene rings is 1. The van der Waals surface area contributed by atoms with Gasteiger partial charge in [-0.3, -0.25) is 9.59 Å². The summed E-state index contributed by atoms with van der Waals surface area (Å²) >= 11 is 0. The van der Waals surface area contributed by atoms with E-state index < -0.39 is 5.41 Å². The van der Waals surface area contributed by atoms with Crippen LogP contribution in [-0.2, 0) is 19.7 Å². The van der Waals surface area contributed by atoms with Gasteiger partial charge in [0.25, 0.3) is 0 Å². The molecule has 4 atom stereocenters. The highest BCUT2D eigenvalue weighted by molar-refractivity contribution is 6.09. The zero-order chi connectivity index (χ0) is 20.9. The Morgan fingerprint density at radius 3 is 2.80 bits per heavy atom. The maximum Gasteiger partial charge on any atom is 0.309 e. The molecule has 158 valence electrons. The number of para-hydroxylation sites is 1. The molecule has 6 rings (SSSR count). The monoisotopic (exact) mass is 406 g/mol. The lowest BCUT2D eigenvalue weighted by Gasteiger charge is -2.53. The number of carbonyl (C=O) groups is 2. The number of fused-ring (bicyclic) bond motifs is 2. The number of anilines is 1. The van der Waals surface area contributed by atoms with Crippen molar-refractivity contribution in [2.24, 2.45) is 17.3 Å². The molecular weight excluding hydrogens is 376 g/mol. The predicted molar refractivity (Wildman–Crippen MR) is 116 cm³/mol. The molecule has 0 radical (unpaired) electrons. The molecule has 1 aromatic carbocycles. The van der Waals surface area contributed by atoms with Crippen molar-refractivity contribution < 1.29 is 14.3 Å². The van der Waals surface area contributed by atoms with Gasteiger partial charge in [-0.1, -0.05) is 36.4 Å². The highest BCUT2D eigenvalue weighted by atomic mass is 16.5. The van der Waals surface area contributed by atoms with Gasteiger partial charge in [-0.2, -0.15) is 0 Å². The average Bonchev–Trinajstić information content (AvgIpc) is 3.36. The molecule has 1 amide bonds. The van der Waals surface area contributed by atoms with Crippen LogP contribution in [0.1, 0.15) is 38.2 Å². The number of nitrogens with zero attached hydrogens (tertiary/aromatic N) is 2. The third-order valence-electron chi connectivity index (χ3n) is 7.63. The van der Waals surface area contributed by atoms with Crippen LogP contribution in [-0.4, -0.2) is 43.5 Å². The number of likely N-dealkylation sites (tertiary alicyclic amines) is 1. The van der Waals surface area contributed by atoms with Crippen LogP contribution in [0.25, 0.3) is 0 Å². The van der Waals surface area contributed by atoms with Crippen LogP contribution in [0.15, 0.2) is 48.7 Å². The molecule has 3 aliphatic carbocycles. The smallest absolute Gasteiger partial charge is 0.309 e. The third-order valence-corrected chi connectivity index (χ3v) is 7.63. The van der Waals surface area contributed by atoms with Gasteiger partial charge >= 0.3 is 5.97 Å². The molecule has 30 heavy (non-hydrogen) atoms. The molecule has 2 aliphatic heterocycles. The Hall–Kier alpha value is -2.56. The number of ether oxygens (including phenoxy) is 1. The maximum atomic E-state index is 13.8. The van der Waals surface area contributed by atoms with Crippen LogP contribution < -0.4 is 4.90 Å². The first-order chi connectivity index (χ1) is 14.5. The van der Waals surface area contributed by atoms with E-state index in [-0.39, 0.29) is 29.1 Å². The predicted octanol–water partition coefficient (Wildman–Crippen LogP) is 3.66. The summed E-state index contributed by atoms with van der Waals surface area (Å²) in [4.78, 5) is 30.9. The number of rotatable bonds is 4. The van der Waals surface area contributed by atoms with E-state index in [1.165, 1.54) is 12.8 Å². The van der Waals surface area contributed by atoms with Gasteiger partial charge in [0.15, 0.2) is 0 Å². The molecular formula is C25H30N2O3. The summed E-state index contributed by atoms with van der Waals surface area (Å²) < 4.78 is 5.48. The van der Waals surface area contributed by atoms with Crippen LogP contribution in [0.2, 0.25) is 0 Å². The van der Waals surface area contributed by atoms with Crippen LogP contribution >= 0.6 is 0 Å². The summed E-state index contributed by atoms with van der Waals surface area (Å²) in [5.74, 6) is -0.552. The van der Waals surface area contributed by atoms with Gasteiger partial charge < -0.3 is 14.5 Å². The Labute approximate surface area is 178 Å². The lowest BCUT2D eigenvalue weighted by Crippen LogP contribution is -2.57. The molecule has 1 aromatic rings. The minimum Gasteiger partial charge on any atom is -0.466 e. The van der Waals surface area contributed by atoms with Crippen molar-refractivity contribution in [2.45, 2.75) is 38.0 Å². The molecule has 2 fully saturated rings. The summed E-state index contributed by atoms with van der Waals surface area (Å²) in [5, 5.41) is 0. The number of likely N-dealkylation sites (N-methyl/N-ethyl adjacent to an activating group) is 1. The van der Waals surface area contributed by atoms with E-state index >= 15 is 0 Å². The molecule has 1 spiro atoms.